The number of hydrogen-bond acceptors (Lipinski definition) is 6. The summed E-state index contributed by atoms with van der Waals surface area (Å²) >= 11 is 0. The highest BCUT2D eigenvalue weighted by Gasteiger charge is 2.43. The zero-order chi connectivity index (χ0) is 17.1. The molecule has 2 aromatic heterocycles. The summed E-state index contributed by atoms with van der Waals surface area (Å²) in [6, 6.07) is 5.35. The van der Waals surface area contributed by atoms with E-state index in [9.17, 15) is 4.79 Å². The van der Waals surface area contributed by atoms with Gasteiger partial charge in [0.05, 0.1) is 13.2 Å². The summed E-state index contributed by atoms with van der Waals surface area (Å²) in [6.45, 7) is 4.22. The maximum atomic E-state index is 12.8. The van der Waals surface area contributed by atoms with Crippen molar-refractivity contribution in [1.82, 2.24) is 19.9 Å². The number of aromatic nitrogens is 3. The third-order valence-electron chi connectivity index (χ3n) is 4.93. The van der Waals surface area contributed by atoms with E-state index in [2.05, 4.69) is 19.9 Å². The second kappa shape index (κ2) is 6.76. The van der Waals surface area contributed by atoms with E-state index in [0.717, 1.165) is 25.5 Å². The fourth-order valence-electron chi connectivity index (χ4n) is 3.65. The van der Waals surface area contributed by atoms with E-state index in [1.807, 2.05) is 11.0 Å². The Labute approximate surface area is 146 Å². The van der Waals surface area contributed by atoms with E-state index < -0.39 is 0 Å². The van der Waals surface area contributed by atoms with Gasteiger partial charge in [-0.3, -0.25) is 9.78 Å². The second-order valence-corrected chi connectivity index (χ2v) is 6.74. The minimum absolute atomic E-state index is 0.0432. The molecule has 1 spiro atoms. The molecule has 1 atom stereocenters. The van der Waals surface area contributed by atoms with Crippen molar-refractivity contribution in [3.8, 4) is 0 Å². The summed E-state index contributed by atoms with van der Waals surface area (Å²) in [6.07, 6.45) is 7.79. The number of carbonyl (C=O) groups excluding carboxylic acids is 1. The minimum atomic E-state index is -0.0710. The van der Waals surface area contributed by atoms with E-state index in [1.54, 1.807) is 36.9 Å². The SMILES string of the molecule is O=C(c1ccncc1)N1CCOC[C@@]2(CCN(c3ncccn3)C2)C1. The molecule has 130 valence electrons. The number of hydrogen-bond donors (Lipinski definition) is 0. The number of ether oxygens (including phenoxy) is 1. The highest BCUT2D eigenvalue weighted by atomic mass is 16.5. The van der Waals surface area contributed by atoms with Gasteiger partial charge in [-0.1, -0.05) is 0 Å². The number of anilines is 1. The van der Waals surface area contributed by atoms with Crippen molar-refractivity contribution in [3.05, 3.63) is 48.5 Å². The minimum Gasteiger partial charge on any atom is -0.379 e. The van der Waals surface area contributed by atoms with Crippen LogP contribution in [0.5, 0.6) is 0 Å². The van der Waals surface area contributed by atoms with Crippen LogP contribution in [0.4, 0.5) is 5.95 Å². The van der Waals surface area contributed by atoms with Gasteiger partial charge < -0.3 is 14.5 Å². The number of carbonyl (C=O) groups is 1. The molecule has 4 heterocycles. The van der Waals surface area contributed by atoms with Gasteiger partial charge in [-0.15, -0.1) is 0 Å². The Hall–Kier alpha value is -2.54. The molecule has 0 radical (unpaired) electrons. The molecule has 25 heavy (non-hydrogen) atoms. The lowest BCUT2D eigenvalue weighted by Gasteiger charge is -2.31. The standard InChI is InChI=1S/C18H21N5O2/c24-16(15-2-7-19-8-3-15)22-10-11-25-14-18(12-22)4-9-23(13-18)17-20-5-1-6-21-17/h1-3,5-8H,4,9-14H2/t18-/m0/s1. The van der Waals surface area contributed by atoms with Crippen molar-refractivity contribution >= 4 is 11.9 Å². The van der Waals surface area contributed by atoms with Gasteiger partial charge in [0.1, 0.15) is 0 Å². The number of rotatable bonds is 2. The predicted octanol–water partition coefficient (Wildman–Crippen LogP) is 1.24. The van der Waals surface area contributed by atoms with E-state index in [-0.39, 0.29) is 11.3 Å². The summed E-state index contributed by atoms with van der Waals surface area (Å²) in [7, 11) is 0. The first kappa shape index (κ1) is 16.0. The van der Waals surface area contributed by atoms with Crippen molar-refractivity contribution in [2.75, 3.05) is 44.3 Å². The summed E-state index contributed by atoms with van der Waals surface area (Å²) in [5.74, 6) is 0.789. The zero-order valence-electron chi connectivity index (χ0n) is 14.0. The van der Waals surface area contributed by atoms with Crippen LogP contribution in [-0.2, 0) is 4.74 Å². The van der Waals surface area contributed by atoms with E-state index in [1.165, 1.54) is 0 Å². The lowest BCUT2D eigenvalue weighted by atomic mass is 9.87. The van der Waals surface area contributed by atoms with E-state index in [0.29, 0.717) is 31.9 Å². The fraction of sp³-hybridized carbons (Fsp3) is 0.444. The monoisotopic (exact) mass is 339 g/mol. The Morgan fingerprint density at radius 3 is 2.68 bits per heavy atom. The maximum Gasteiger partial charge on any atom is 0.254 e. The van der Waals surface area contributed by atoms with Gasteiger partial charge in [-0.05, 0) is 24.6 Å². The quantitative estimate of drug-likeness (QED) is 0.820. The normalized spacial score (nSPS) is 23.7. The van der Waals surface area contributed by atoms with Crippen LogP contribution in [0.3, 0.4) is 0 Å². The van der Waals surface area contributed by atoms with Gasteiger partial charge in [-0.25, -0.2) is 9.97 Å². The molecular weight excluding hydrogens is 318 g/mol. The Kier molecular flexibility index (Phi) is 4.31. The average molecular weight is 339 g/mol. The molecule has 4 rings (SSSR count). The molecule has 2 aliphatic rings. The summed E-state index contributed by atoms with van der Waals surface area (Å²) < 4.78 is 5.86. The van der Waals surface area contributed by atoms with Crippen LogP contribution in [-0.4, -0.2) is 65.2 Å². The van der Waals surface area contributed by atoms with Gasteiger partial charge in [-0.2, -0.15) is 0 Å². The number of amides is 1. The van der Waals surface area contributed by atoms with Gasteiger partial charge in [0.2, 0.25) is 5.95 Å². The Bertz CT molecular complexity index is 727. The molecule has 2 saturated heterocycles. The predicted molar refractivity (Wildman–Crippen MR) is 92.3 cm³/mol. The van der Waals surface area contributed by atoms with Gasteiger partial charge in [0.25, 0.3) is 5.91 Å². The first-order valence-corrected chi connectivity index (χ1v) is 8.55. The summed E-state index contributed by atoms with van der Waals surface area (Å²) in [4.78, 5) is 29.6. The van der Waals surface area contributed by atoms with Crippen molar-refractivity contribution < 1.29 is 9.53 Å². The Morgan fingerprint density at radius 2 is 1.88 bits per heavy atom. The molecule has 1 amide bonds. The molecule has 7 nitrogen and oxygen atoms in total. The van der Waals surface area contributed by atoms with Crippen molar-refractivity contribution in [1.29, 1.82) is 0 Å². The number of nitrogens with zero attached hydrogens (tertiary/aromatic N) is 5. The van der Waals surface area contributed by atoms with Crippen LogP contribution < -0.4 is 4.90 Å². The topological polar surface area (TPSA) is 71.5 Å². The molecule has 2 aliphatic heterocycles. The van der Waals surface area contributed by atoms with E-state index in [4.69, 9.17) is 4.74 Å². The maximum absolute atomic E-state index is 12.8. The molecule has 0 saturated carbocycles. The Balaban J connectivity index is 1.51. The zero-order valence-corrected chi connectivity index (χ0v) is 14.0. The van der Waals surface area contributed by atoms with Crippen molar-refractivity contribution in [2.24, 2.45) is 5.41 Å². The first-order chi connectivity index (χ1) is 12.3. The van der Waals surface area contributed by atoms with E-state index >= 15 is 0 Å². The van der Waals surface area contributed by atoms with Crippen LogP contribution in [0.15, 0.2) is 43.0 Å². The highest BCUT2D eigenvalue weighted by molar-refractivity contribution is 5.94. The molecule has 0 N–H and O–H groups in total. The molecule has 0 aromatic carbocycles. The van der Waals surface area contributed by atoms with Gasteiger partial charge in [0, 0.05) is 61.9 Å². The van der Waals surface area contributed by atoms with Crippen molar-refractivity contribution in [2.45, 2.75) is 6.42 Å². The summed E-state index contributed by atoms with van der Waals surface area (Å²) in [5, 5.41) is 0. The smallest absolute Gasteiger partial charge is 0.254 e. The van der Waals surface area contributed by atoms with Crippen LogP contribution in [0.1, 0.15) is 16.8 Å². The lowest BCUT2D eigenvalue weighted by Crippen LogP contribution is -2.43. The van der Waals surface area contributed by atoms with Gasteiger partial charge >= 0.3 is 0 Å². The average Bonchev–Trinajstić information content (AvgIpc) is 2.97. The van der Waals surface area contributed by atoms with Crippen LogP contribution in [0, 0.1) is 5.41 Å². The lowest BCUT2D eigenvalue weighted by molar-refractivity contribution is 0.0690. The third kappa shape index (κ3) is 3.32. The molecule has 0 unspecified atom stereocenters. The van der Waals surface area contributed by atoms with Crippen LogP contribution in [0.25, 0.3) is 0 Å². The molecule has 0 aliphatic carbocycles. The molecular formula is C18H21N5O2. The highest BCUT2D eigenvalue weighted by Crippen LogP contribution is 2.35. The number of pyridine rings is 1. The van der Waals surface area contributed by atoms with Crippen LogP contribution >= 0.6 is 0 Å². The summed E-state index contributed by atoms with van der Waals surface area (Å²) in [5.41, 5.74) is 0.603. The van der Waals surface area contributed by atoms with Crippen LogP contribution in [0.2, 0.25) is 0 Å². The van der Waals surface area contributed by atoms with Crippen molar-refractivity contribution in [3.63, 3.8) is 0 Å². The largest absolute Gasteiger partial charge is 0.379 e. The molecule has 2 aromatic rings. The van der Waals surface area contributed by atoms with Gasteiger partial charge in [0.15, 0.2) is 0 Å². The third-order valence-corrected chi connectivity index (χ3v) is 4.93. The Morgan fingerprint density at radius 1 is 1.08 bits per heavy atom. The molecule has 7 heteroatoms. The second-order valence-electron chi connectivity index (χ2n) is 6.74. The molecule has 2 fully saturated rings. The molecule has 0 bridgehead atoms. The fourth-order valence-corrected chi connectivity index (χ4v) is 3.65. The first-order valence-electron chi connectivity index (χ1n) is 8.55.